The maximum Gasteiger partial charge on any atom is 0.330 e. The van der Waals surface area contributed by atoms with Gasteiger partial charge in [0.15, 0.2) is 0 Å². The lowest BCUT2D eigenvalue weighted by molar-refractivity contribution is -0.132. The minimum absolute atomic E-state index is 0.252. The molecule has 0 saturated heterocycles. The zero-order valence-electron chi connectivity index (χ0n) is 8.37. The molecule has 0 fully saturated rings. The highest BCUT2D eigenvalue weighted by atomic mass is 35.5. The fraction of sp³-hybridized carbons (Fsp3) is 0.250. The highest BCUT2D eigenvalue weighted by Gasteiger charge is 2.04. The SMILES string of the molecule is C=C(CCCc1ccccc1Cl)C(=O)O. The highest BCUT2D eigenvalue weighted by molar-refractivity contribution is 6.31. The highest BCUT2D eigenvalue weighted by Crippen LogP contribution is 2.18. The van der Waals surface area contributed by atoms with E-state index in [1.165, 1.54) is 0 Å². The van der Waals surface area contributed by atoms with Crippen molar-refractivity contribution >= 4 is 17.6 Å². The summed E-state index contributed by atoms with van der Waals surface area (Å²) in [6.45, 7) is 3.48. The molecule has 0 amide bonds. The molecule has 0 atom stereocenters. The second-order valence-corrected chi connectivity index (χ2v) is 3.76. The lowest BCUT2D eigenvalue weighted by atomic mass is 10.1. The van der Waals surface area contributed by atoms with Crippen LogP contribution in [0.1, 0.15) is 18.4 Å². The molecule has 0 radical (unpaired) electrons. The molecule has 0 heterocycles. The fourth-order valence-corrected chi connectivity index (χ4v) is 1.53. The Balaban J connectivity index is 2.42. The third-order valence-electron chi connectivity index (χ3n) is 2.18. The molecule has 0 bridgehead atoms. The van der Waals surface area contributed by atoms with Crippen LogP contribution in [0.25, 0.3) is 0 Å². The summed E-state index contributed by atoms with van der Waals surface area (Å²) < 4.78 is 0. The van der Waals surface area contributed by atoms with Gasteiger partial charge in [-0.25, -0.2) is 4.79 Å². The van der Waals surface area contributed by atoms with Gasteiger partial charge in [0.05, 0.1) is 0 Å². The third kappa shape index (κ3) is 3.76. The zero-order chi connectivity index (χ0) is 11.3. The Kier molecular flexibility index (Phi) is 4.37. The van der Waals surface area contributed by atoms with Gasteiger partial charge in [-0.15, -0.1) is 0 Å². The van der Waals surface area contributed by atoms with Gasteiger partial charge in [-0.3, -0.25) is 0 Å². The molecule has 3 heteroatoms. The van der Waals surface area contributed by atoms with Crippen molar-refractivity contribution in [2.45, 2.75) is 19.3 Å². The number of carboxylic acids is 1. The second-order valence-electron chi connectivity index (χ2n) is 3.35. The second kappa shape index (κ2) is 5.56. The molecule has 15 heavy (non-hydrogen) atoms. The molecular formula is C12H13ClO2. The molecule has 0 aliphatic carbocycles. The number of aliphatic carboxylic acids is 1. The molecule has 0 aromatic heterocycles. The van der Waals surface area contributed by atoms with Crippen LogP contribution in [0.3, 0.4) is 0 Å². The van der Waals surface area contributed by atoms with Crippen LogP contribution in [0.15, 0.2) is 36.4 Å². The molecule has 1 N–H and O–H groups in total. The normalized spacial score (nSPS) is 9.93. The van der Waals surface area contributed by atoms with E-state index in [9.17, 15) is 4.79 Å². The Hall–Kier alpha value is -1.28. The maximum absolute atomic E-state index is 10.5. The Morgan fingerprint density at radius 2 is 2.07 bits per heavy atom. The molecule has 0 unspecified atom stereocenters. The molecule has 1 rings (SSSR count). The largest absolute Gasteiger partial charge is 0.478 e. The number of halogens is 1. The quantitative estimate of drug-likeness (QED) is 0.780. The number of carbonyl (C=O) groups is 1. The number of hydrogen-bond donors (Lipinski definition) is 1. The van der Waals surface area contributed by atoms with Crippen LogP contribution in [0.2, 0.25) is 5.02 Å². The summed E-state index contributed by atoms with van der Waals surface area (Å²) in [5.74, 6) is -0.922. The predicted octanol–water partition coefficient (Wildman–Crippen LogP) is 3.30. The molecule has 1 aromatic carbocycles. The van der Waals surface area contributed by atoms with E-state index in [-0.39, 0.29) is 5.57 Å². The first-order valence-corrected chi connectivity index (χ1v) is 5.13. The summed E-state index contributed by atoms with van der Waals surface area (Å²) >= 11 is 5.96. The van der Waals surface area contributed by atoms with Gasteiger partial charge in [0.2, 0.25) is 0 Å². The number of rotatable bonds is 5. The molecule has 0 saturated carbocycles. The first-order valence-electron chi connectivity index (χ1n) is 4.75. The maximum atomic E-state index is 10.5. The Morgan fingerprint density at radius 3 is 2.67 bits per heavy atom. The first-order chi connectivity index (χ1) is 7.11. The van der Waals surface area contributed by atoms with Crippen LogP contribution >= 0.6 is 11.6 Å². The Morgan fingerprint density at radius 1 is 1.40 bits per heavy atom. The molecule has 0 aliphatic rings. The van der Waals surface area contributed by atoms with Crippen LogP contribution in [0.4, 0.5) is 0 Å². The van der Waals surface area contributed by atoms with Gasteiger partial charge < -0.3 is 5.11 Å². The van der Waals surface area contributed by atoms with Crippen LogP contribution < -0.4 is 0 Å². The standard InChI is InChI=1S/C12H13ClO2/c1-9(12(14)15)5-4-7-10-6-2-3-8-11(10)13/h2-3,6,8H,1,4-5,7H2,(H,14,15). The summed E-state index contributed by atoms with van der Waals surface area (Å²) in [6.07, 6.45) is 2.04. The molecule has 80 valence electrons. The monoisotopic (exact) mass is 224 g/mol. The van der Waals surface area contributed by atoms with Gasteiger partial charge in [0.25, 0.3) is 0 Å². The topological polar surface area (TPSA) is 37.3 Å². The predicted molar refractivity (Wildman–Crippen MR) is 61.2 cm³/mol. The minimum atomic E-state index is -0.922. The summed E-state index contributed by atoms with van der Waals surface area (Å²) in [5, 5.41) is 9.34. The van der Waals surface area contributed by atoms with Crippen molar-refractivity contribution in [1.82, 2.24) is 0 Å². The number of hydrogen-bond acceptors (Lipinski definition) is 1. The van der Waals surface area contributed by atoms with Gasteiger partial charge in [0.1, 0.15) is 0 Å². The molecule has 0 spiro atoms. The Bertz CT molecular complexity index is 372. The van der Waals surface area contributed by atoms with E-state index in [0.717, 1.165) is 23.4 Å². The number of aryl methyl sites for hydroxylation is 1. The van der Waals surface area contributed by atoms with Crippen LogP contribution in [0.5, 0.6) is 0 Å². The van der Waals surface area contributed by atoms with Gasteiger partial charge >= 0.3 is 5.97 Å². The van der Waals surface area contributed by atoms with Gasteiger partial charge in [-0.2, -0.15) is 0 Å². The third-order valence-corrected chi connectivity index (χ3v) is 2.55. The summed E-state index contributed by atoms with van der Waals surface area (Å²) in [7, 11) is 0. The van der Waals surface area contributed by atoms with Crippen LogP contribution in [0, 0.1) is 0 Å². The van der Waals surface area contributed by atoms with Crippen molar-refractivity contribution in [2.24, 2.45) is 0 Å². The van der Waals surface area contributed by atoms with E-state index in [2.05, 4.69) is 6.58 Å². The van der Waals surface area contributed by atoms with Crippen molar-refractivity contribution in [2.75, 3.05) is 0 Å². The average Bonchev–Trinajstić information content (AvgIpc) is 2.20. The van der Waals surface area contributed by atoms with E-state index in [0.29, 0.717) is 6.42 Å². The van der Waals surface area contributed by atoms with E-state index >= 15 is 0 Å². The summed E-state index contributed by atoms with van der Waals surface area (Å²) in [4.78, 5) is 10.5. The zero-order valence-corrected chi connectivity index (χ0v) is 9.13. The molecule has 0 aliphatic heterocycles. The molecule has 2 nitrogen and oxygen atoms in total. The van der Waals surface area contributed by atoms with Crippen molar-refractivity contribution in [3.05, 3.63) is 47.0 Å². The van der Waals surface area contributed by atoms with Crippen molar-refractivity contribution in [1.29, 1.82) is 0 Å². The summed E-state index contributed by atoms with van der Waals surface area (Å²) in [5.41, 5.74) is 1.31. The average molecular weight is 225 g/mol. The summed E-state index contributed by atoms with van der Waals surface area (Å²) in [6, 6.07) is 7.59. The van der Waals surface area contributed by atoms with Crippen molar-refractivity contribution < 1.29 is 9.90 Å². The lowest BCUT2D eigenvalue weighted by Crippen LogP contribution is -1.99. The van der Waals surface area contributed by atoms with Gasteiger partial charge in [-0.05, 0) is 30.9 Å². The lowest BCUT2D eigenvalue weighted by Gasteiger charge is -2.03. The van der Waals surface area contributed by atoms with E-state index in [4.69, 9.17) is 16.7 Å². The first kappa shape index (κ1) is 11.8. The van der Waals surface area contributed by atoms with Gasteiger partial charge in [-0.1, -0.05) is 36.4 Å². The molecule has 1 aromatic rings. The Labute approximate surface area is 94.2 Å². The fourth-order valence-electron chi connectivity index (χ4n) is 1.30. The van der Waals surface area contributed by atoms with E-state index in [1.807, 2.05) is 24.3 Å². The van der Waals surface area contributed by atoms with Crippen LogP contribution in [-0.4, -0.2) is 11.1 Å². The van der Waals surface area contributed by atoms with Crippen LogP contribution in [-0.2, 0) is 11.2 Å². The number of carboxylic acid groups (broad SMARTS) is 1. The van der Waals surface area contributed by atoms with Gasteiger partial charge in [0, 0.05) is 10.6 Å². The van der Waals surface area contributed by atoms with E-state index in [1.54, 1.807) is 0 Å². The van der Waals surface area contributed by atoms with Crippen molar-refractivity contribution in [3.8, 4) is 0 Å². The minimum Gasteiger partial charge on any atom is -0.478 e. The van der Waals surface area contributed by atoms with E-state index < -0.39 is 5.97 Å². The smallest absolute Gasteiger partial charge is 0.330 e. The molecular weight excluding hydrogens is 212 g/mol. The van der Waals surface area contributed by atoms with Crippen molar-refractivity contribution in [3.63, 3.8) is 0 Å². The number of benzene rings is 1.